The molecule has 16 heavy (non-hydrogen) atoms. The van der Waals surface area contributed by atoms with Gasteiger partial charge in [0.15, 0.2) is 0 Å². The number of hydrogen-bond donors (Lipinski definition) is 3. The van der Waals surface area contributed by atoms with E-state index >= 15 is 0 Å². The van der Waals surface area contributed by atoms with Gasteiger partial charge in [0.2, 0.25) is 0 Å². The van der Waals surface area contributed by atoms with E-state index in [1.165, 1.54) is 11.3 Å². The van der Waals surface area contributed by atoms with Crippen LogP contribution in [-0.4, -0.2) is 17.9 Å². The summed E-state index contributed by atoms with van der Waals surface area (Å²) in [6.45, 7) is 4.65. The molecule has 0 saturated heterocycles. The summed E-state index contributed by atoms with van der Waals surface area (Å²) >= 11 is 0. The molecule has 0 unspecified atom stereocenters. The lowest BCUT2D eigenvalue weighted by atomic mass is 9.98. The molecule has 0 aromatic heterocycles. The first-order valence-corrected chi connectivity index (χ1v) is 6.15. The molecule has 0 spiro atoms. The van der Waals surface area contributed by atoms with Crippen molar-refractivity contribution in [3.8, 4) is 0 Å². The van der Waals surface area contributed by atoms with Gasteiger partial charge in [-0.3, -0.25) is 0 Å². The summed E-state index contributed by atoms with van der Waals surface area (Å²) in [4.78, 5) is 0. The SMILES string of the molecule is CC[C@@H](O)C[C@H]1C=C(C)CCC(NCN)=C1. The van der Waals surface area contributed by atoms with E-state index in [4.69, 9.17) is 5.73 Å². The van der Waals surface area contributed by atoms with Crippen LogP contribution in [0.3, 0.4) is 0 Å². The van der Waals surface area contributed by atoms with Crippen LogP contribution in [0.5, 0.6) is 0 Å². The van der Waals surface area contributed by atoms with Gasteiger partial charge in [0.25, 0.3) is 0 Å². The Bertz CT molecular complexity index is 271. The first-order valence-electron chi connectivity index (χ1n) is 6.15. The number of aliphatic hydroxyl groups is 1. The Hall–Kier alpha value is -0.800. The molecule has 1 aliphatic rings. The summed E-state index contributed by atoms with van der Waals surface area (Å²) in [5.74, 6) is 0.339. The van der Waals surface area contributed by atoms with Crippen LogP contribution in [0.4, 0.5) is 0 Å². The molecule has 0 fully saturated rings. The van der Waals surface area contributed by atoms with Crippen LogP contribution in [0.15, 0.2) is 23.4 Å². The second kappa shape index (κ2) is 6.71. The molecule has 4 N–H and O–H groups in total. The van der Waals surface area contributed by atoms with Gasteiger partial charge in [-0.1, -0.05) is 24.6 Å². The highest BCUT2D eigenvalue weighted by Gasteiger charge is 2.13. The highest BCUT2D eigenvalue weighted by atomic mass is 16.3. The first kappa shape index (κ1) is 13.3. The Kier molecular flexibility index (Phi) is 5.56. The second-order valence-electron chi connectivity index (χ2n) is 4.55. The van der Waals surface area contributed by atoms with Crippen LogP contribution in [0.25, 0.3) is 0 Å². The first-order chi connectivity index (χ1) is 7.65. The zero-order valence-corrected chi connectivity index (χ0v) is 10.4. The quantitative estimate of drug-likeness (QED) is 0.494. The van der Waals surface area contributed by atoms with Crippen molar-refractivity contribution < 1.29 is 5.11 Å². The van der Waals surface area contributed by atoms with Crippen LogP contribution in [0, 0.1) is 5.92 Å². The summed E-state index contributed by atoms with van der Waals surface area (Å²) < 4.78 is 0. The summed E-state index contributed by atoms with van der Waals surface area (Å²) in [6, 6.07) is 0. The van der Waals surface area contributed by atoms with Gasteiger partial charge < -0.3 is 16.2 Å². The zero-order chi connectivity index (χ0) is 12.0. The summed E-state index contributed by atoms with van der Waals surface area (Å²) in [7, 11) is 0. The maximum Gasteiger partial charge on any atom is 0.0624 e. The van der Waals surface area contributed by atoms with E-state index in [1.54, 1.807) is 0 Å². The molecular weight excluding hydrogens is 200 g/mol. The van der Waals surface area contributed by atoms with Gasteiger partial charge in [-0.05, 0) is 38.5 Å². The van der Waals surface area contributed by atoms with E-state index in [0.29, 0.717) is 12.6 Å². The van der Waals surface area contributed by atoms with Gasteiger partial charge >= 0.3 is 0 Å². The maximum atomic E-state index is 9.70. The molecule has 0 heterocycles. The highest BCUT2D eigenvalue weighted by Crippen LogP contribution is 2.23. The van der Waals surface area contributed by atoms with Crippen LogP contribution in [0.2, 0.25) is 0 Å². The minimum absolute atomic E-state index is 0.206. The topological polar surface area (TPSA) is 58.3 Å². The van der Waals surface area contributed by atoms with Gasteiger partial charge in [0, 0.05) is 5.70 Å². The lowest BCUT2D eigenvalue weighted by Crippen LogP contribution is -2.22. The number of nitrogens with one attached hydrogen (secondary N) is 1. The molecule has 1 rings (SSSR count). The van der Waals surface area contributed by atoms with Crippen LogP contribution >= 0.6 is 0 Å². The Morgan fingerprint density at radius 3 is 2.88 bits per heavy atom. The third-order valence-corrected chi connectivity index (χ3v) is 3.05. The van der Waals surface area contributed by atoms with E-state index in [1.807, 2.05) is 6.92 Å². The Morgan fingerprint density at radius 1 is 1.50 bits per heavy atom. The lowest BCUT2D eigenvalue weighted by molar-refractivity contribution is 0.152. The normalized spacial score (nSPS) is 23.1. The molecule has 0 amide bonds. The van der Waals surface area contributed by atoms with Gasteiger partial charge in [0.05, 0.1) is 12.8 Å². The van der Waals surface area contributed by atoms with Crippen molar-refractivity contribution in [3.05, 3.63) is 23.4 Å². The smallest absolute Gasteiger partial charge is 0.0624 e. The molecule has 0 radical (unpaired) electrons. The number of hydrogen-bond acceptors (Lipinski definition) is 3. The van der Waals surface area contributed by atoms with Gasteiger partial charge in [-0.15, -0.1) is 0 Å². The molecule has 0 aliphatic heterocycles. The molecule has 3 heteroatoms. The fourth-order valence-corrected chi connectivity index (χ4v) is 2.07. The van der Waals surface area contributed by atoms with Crippen LogP contribution in [-0.2, 0) is 0 Å². The third kappa shape index (κ3) is 4.37. The molecule has 0 aromatic carbocycles. The minimum atomic E-state index is -0.206. The van der Waals surface area contributed by atoms with E-state index in [0.717, 1.165) is 25.7 Å². The molecule has 0 saturated carbocycles. The standard InChI is InChI=1S/C13H24N2O/c1-3-13(16)8-11-6-10(2)4-5-12(7-11)15-9-14/h6-7,11,13,15-16H,3-5,8-9,14H2,1-2H3/t11-,13+/m0/s1. The van der Waals surface area contributed by atoms with Crippen LogP contribution in [0.1, 0.15) is 39.5 Å². The van der Waals surface area contributed by atoms with E-state index in [9.17, 15) is 5.11 Å². The second-order valence-corrected chi connectivity index (χ2v) is 4.55. The molecular formula is C13H24N2O. The molecule has 0 aromatic rings. The van der Waals surface area contributed by atoms with Crippen molar-refractivity contribution in [1.82, 2.24) is 5.32 Å². The average molecular weight is 224 g/mol. The Morgan fingerprint density at radius 2 is 2.25 bits per heavy atom. The summed E-state index contributed by atoms with van der Waals surface area (Å²) in [5.41, 5.74) is 8.11. The predicted octanol–water partition coefficient (Wildman–Crippen LogP) is 1.89. The number of aliphatic hydroxyl groups excluding tert-OH is 1. The van der Waals surface area contributed by atoms with Crippen molar-refractivity contribution in [2.45, 2.75) is 45.6 Å². The fraction of sp³-hybridized carbons (Fsp3) is 0.692. The van der Waals surface area contributed by atoms with Crippen molar-refractivity contribution in [2.24, 2.45) is 11.7 Å². The Labute approximate surface area is 98.4 Å². The molecule has 92 valence electrons. The number of rotatable bonds is 5. The third-order valence-electron chi connectivity index (χ3n) is 3.05. The van der Waals surface area contributed by atoms with Crippen LogP contribution < -0.4 is 11.1 Å². The predicted molar refractivity (Wildman–Crippen MR) is 67.7 cm³/mol. The number of nitrogens with two attached hydrogens (primary N) is 1. The molecule has 0 bridgehead atoms. The minimum Gasteiger partial charge on any atom is -0.393 e. The van der Waals surface area contributed by atoms with Gasteiger partial charge in [-0.2, -0.15) is 0 Å². The summed E-state index contributed by atoms with van der Waals surface area (Å²) in [5, 5.41) is 12.9. The lowest BCUT2D eigenvalue weighted by Gasteiger charge is -2.14. The van der Waals surface area contributed by atoms with E-state index in [-0.39, 0.29) is 6.10 Å². The number of allylic oxidation sites excluding steroid dienone is 4. The maximum absolute atomic E-state index is 9.70. The molecule has 2 atom stereocenters. The summed E-state index contributed by atoms with van der Waals surface area (Å²) in [6.07, 6.45) is 8.00. The molecule has 3 nitrogen and oxygen atoms in total. The van der Waals surface area contributed by atoms with Gasteiger partial charge in [-0.25, -0.2) is 0 Å². The van der Waals surface area contributed by atoms with E-state index in [2.05, 4.69) is 24.4 Å². The van der Waals surface area contributed by atoms with Gasteiger partial charge in [0.1, 0.15) is 0 Å². The monoisotopic (exact) mass is 224 g/mol. The highest BCUT2D eigenvalue weighted by molar-refractivity contribution is 5.17. The molecule has 1 aliphatic carbocycles. The zero-order valence-electron chi connectivity index (χ0n) is 10.4. The van der Waals surface area contributed by atoms with Crippen molar-refractivity contribution >= 4 is 0 Å². The van der Waals surface area contributed by atoms with Crippen molar-refractivity contribution in [2.75, 3.05) is 6.67 Å². The Balaban J connectivity index is 2.67. The fourth-order valence-electron chi connectivity index (χ4n) is 2.07. The average Bonchev–Trinajstić information content (AvgIpc) is 2.41. The van der Waals surface area contributed by atoms with Crippen molar-refractivity contribution in [3.63, 3.8) is 0 Å². The van der Waals surface area contributed by atoms with E-state index < -0.39 is 0 Å². The largest absolute Gasteiger partial charge is 0.393 e. The van der Waals surface area contributed by atoms with Crippen molar-refractivity contribution in [1.29, 1.82) is 0 Å².